The number of aliphatic hydroxyl groups excluding tert-OH is 1. The lowest BCUT2D eigenvalue weighted by Crippen LogP contribution is -2.57. The number of fused-ring (bicyclic) bond motifs is 6. The molecule has 8 nitrogen and oxygen atoms in total. The van der Waals surface area contributed by atoms with E-state index in [0.717, 1.165) is 5.56 Å². The molecule has 8 heteroatoms. The van der Waals surface area contributed by atoms with Crippen molar-refractivity contribution in [3.05, 3.63) is 41.0 Å². The highest BCUT2D eigenvalue weighted by atomic mass is 16.6. The van der Waals surface area contributed by atoms with Gasteiger partial charge >= 0.3 is 0 Å². The third-order valence-corrected chi connectivity index (χ3v) is 6.22. The summed E-state index contributed by atoms with van der Waals surface area (Å²) in [5.41, 5.74) is -0.782. The van der Waals surface area contributed by atoms with E-state index >= 15 is 0 Å². The Balaban J connectivity index is 1.60. The van der Waals surface area contributed by atoms with Gasteiger partial charge in [-0.25, -0.2) is 0 Å². The summed E-state index contributed by atoms with van der Waals surface area (Å²) in [5.74, 6) is 0.587. The first-order chi connectivity index (χ1) is 14.4. The van der Waals surface area contributed by atoms with Gasteiger partial charge in [0.1, 0.15) is 30.0 Å². The number of ether oxygens (including phenoxy) is 4. The predicted molar refractivity (Wildman–Crippen MR) is 104 cm³/mol. The molecule has 0 aromatic heterocycles. The van der Waals surface area contributed by atoms with E-state index in [1.807, 2.05) is 6.92 Å². The van der Waals surface area contributed by atoms with Gasteiger partial charge in [-0.05, 0) is 18.2 Å². The highest BCUT2D eigenvalue weighted by Crippen LogP contribution is 2.51. The number of phenolic OH excluding ortho intramolecular Hbond substituents is 1. The Bertz CT molecular complexity index is 1050. The first-order valence-corrected chi connectivity index (χ1v) is 9.80. The second kappa shape index (κ2) is 6.52. The second-order valence-corrected chi connectivity index (χ2v) is 7.97. The summed E-state index contributed by atoms with van der Waals surface area (Å²) in [6, 6.07) is 6.01. The van der Waals surface area contributed by atoms with Gasteiger partial charge < -0.3 is 34.3 Å². The molecule has 2 aromatic rings. The highest BCUT2D eigenvalue weighted by molar-refractivity contribution is 6.07. The van der Waals surface area contributed by atoms with Crippen molar-refractivity contribution in [3.63, 3.8) is 0 Å². The molecule has 0 radical (unpaired) electrons. The van der Waals surface area contributed by atoms with Gasteiger partial charge in [0.25, 0.3) is 0 Å². The summed E-state index contributed by atoms with van der Waals surface area (Å²) in [7, 11) is 1.38. The molecule has 3 heterocycles. The van der Waals surface area contributed by atoms with Gasteiger partial charge in [-0.15, -0.1) is 0 Å². The zero-order valence-corrected chi connectivity index (χ0v) is 16.5. The molecule has 0 saturated heterocycles. The highest BCUT2D eigenvalue weighted by Gasteiger charge is 2.56. The molecule has 0 fully saturated rings. The van der Waals surface area contributed by atoms with Gasteiger partial charge in [-0.3, -0.25) is 4.79 Å². The summed E-state index contributed by atoms with van der Waals surface area (Å²) in [4.78, 5) is 13.5. The van der Waals surface area contributed by atoms with Crippen LogP contribution in [0.5, 0.6) is 28.7 Å². The standard InChI is InChI=1S/C22H22O8/c1-10(8-23)16-5-12-15(29-16)4-3-11-20(12)30-19-9-28-17-7-14(24)18(27-2)6-13(17)22(19,26)21(11)25/h3-4,6-7,10,16,19,23-24,26H,5,8-9H2,1-2H3/t10-,16+,19-,22+/m1/s1. The number of carbonyl (C=O) groups is 1. The molecule has 0 saturated carbocycles. The molecule has 0 aliphatic carbocycles. The first kappa shape index (κ1) is 19.0. The van der Waals surface area contributed by atoms with Crippen LogP contribution in [0.1, 0.15) is 28.4 Å². The fraction of sp³-hybridized carbons (Fsp3) is 0.409. The Kier molecular flexibility index (Phi) is 4.13. The summed E-state index contributed by atoms with van der Waals surface area (Å²) in [6.45, 7) is 1.81. The van der Waals surface area contributed by atoms with Crippen LogP contribution < -0.4 is 18.9 Å². The number of aromatic hydroxyl groups is 1. The molecule has 0 unspecified atom stereocenters. The van der Waals surface area contributed by atoms with E-state index in [-0.39, 0.29) is 53.6 Å². The zero-order valence-electron chi connectivity index (χ0n) is 16.5. The van der Waals surface area contributed by atoms with Gasteiger partial charge in [-0.2, -0.15) is 0 Å². The Morgan fingerprint density at radius 1 is 1.27 bits per heavy atom. The lowest BCUT2D eigenvalue weighted by atomic mass is 9.77. The number of ketones is 1. The zero-order chi connectivity index (χ0) is 21.2. The SMILES string of the molecule is COc1cc2c(cc1O)OC[C@H]1Oc3c(ccc4c3C[C@@H]([C@H](C)CO)O4)C(=O)[C@]21O. The van der Waals surface area contributed by atoms with Gasteiger partial charge in [0.2, 0.25) is 5.78 Å². The minimum absolute atomic E-state index is 0.0116. The van der Waals surface area contributed by atoms with Crippen LogP contribution in [0.15, 0.2) is 24.3 Å². The number of hydrogen-bond donors (Lipinski definition) is 3. The number of benzene rings is 2. The van der Waals surface area contributed by atoms with Crippen LogP contribution >= 0.6 is 0 Å². The largest absolute Gasteiger partial charge is 0.504 e. The quantitative estimate of drug-likeness (QED) is 0.693. The lowest BCUT2D eigenvalue weighted by Gasteiger charge is -2.43. The Labute approximate surface area is 172 Å². The molecule has 0 bridgehead atoms. The average Bonchev–Trinajstić information content (AvgIpc) is 3.19. The van der Waals surface area contributed by atoms with E-state index in [1.54, 1.807) is 12.1 Å². The van der Waals surface area contributed by atoms with Gasteiger partial charge in [0.15, 0.2) is 23.2 Å². The van der Waals surface area contributed by atoms with Gasteiger partial charge in [0, 0.05) is 36.1 Å². The van der Waals surface area contributed by atoms with Crippen LogP contribution in [0.25, 0.3) is 0 Å². The van der Waals surface area contributed by atoms with E-state index in [4.69, 9.17) is 18.9 Å². The molecule has 4 atom stereocenters. The lowest BCUT2D eigenvalue weighted by molar-refractivity contribution is -0.0802. The molecular weight excluding hydrogens is 392 g/mol. The average molecular weight is 414 g/mol. The Morgan fingerprint density at radius 3 is 2.80 bits per heavy atom. The van der Waals surface area contributed by atoms with Crippen molar-refractivity contribution in [1.82, 2.24) is 0 Å². The molecule has 30 heavy (non-hydrogen) atoms. The van der Waals surface area contributed by atoms with E-state index in [9.17, 15) is 20.1 Å². The smallest absolute Gasteiger partial charge is 0.206 e. The molecular formula is C22H22O8. The van der Waals surface area contributed by atoms with Gasteiger partial charge in [0.05, 0.1) is 12.7 Å². The molecule has 0 amide bonds. The number of phenols is 1. The number of rotatable bonds is 3. The third kappa shape index (κ3) is 2.44. The minimum Gasteiger partial charge on any atom is -0.504 e. The van der Waals surface area contributed by atoms with Crippen LogP contribution in [0.3, 0.4) is 0 Å². The predicted octanol–water partition coefficient (Wildman–Crippen LogP) is 1.56. The topological polar surface area (TPSA) is 115 Å². The number of Topliss-reactive ketones (excluding diaryl/α,β-unsaturated/α-hetero) is 1. The molecule has 0 spiro atoms. The van der Waals surface area contributed by atoms with Crippen LogP contribution in [-0.2, 0) is 12.0 Å². The van der Waals surface area contributed by atoms with Crippen molar-refractivity contribution >= 4 is 5.78 Å². The molecule has 2 aromatic carbocycles. The number of aliphatic hydroxyl groups is 2. The van der Waals surface area contributed by atoms with Crippen molar-refractivity contribution in [2.75, 3.05) is 20.3 Å². The maximum absolute atomic E-state index is 13.5. The minimum atomic E-state index is -1.98. The normalized spacial score (nSPS) is 26.9. The van der Waals surface area contributed by atoms with Crippen LogP contribution in [0.2, 0.25) is 0 Å². The van der Waals surface area contributed by atoms with Crippen molar-refractivity contribution in [3.8, 4) is 28.7 Å². The van der Waals surface area contributed by atoms with Crippen molar-refractivity contribution in [1.29, 1.82) is 0 Å². The van der Waals surface area contributed by atoms with E-state index in [1.165, 1.54) is 19.2 Å². The van der Waals surface area contributed by atoms with E-state index in [2.05, 4.69) is 0 Å². The monoisotopic (exact) mass is 414 g/mol. The van der Waals surface area contributed by atoms with Crippen molar-refractivity contribution in [2.24, 2.45) is 5.92 Å². The number of hydrogen-bond acceptors (Lipinski definition) is 8. The first-order valence-electron chi connectivity index (χ1n) is 9.80. The summed E-state index contributed by atoms with van der Waals surface area (Å²) < 4.78 is 22.9. The van der Waals surface area contributed by atoms with Crippen LogP contribution in [0.4, 0.5) is 0 Å². The molecule has 5 rings (SSSR count). The van der Waals surface area contributed by atoms with Crippen LogP contribution in [-0.4, -0.2) is 53.6 Å². The van der Waals surface area contributed by atoms with Gasteiger partial charge in [-0.1, -0.05) is 6.92 Å². The maximum Gasteiger partial charge on any atom is 0.206 e. The van der Waals surface area contributed by atoms with Crippen molar-refractivity contribution in [2.45, 2.75) is 31.2 Å². The number of methoxy groups -OCH3 is 1. The summed E-state index contributed by atoms with van der Waals surface area (Å²) >= 11 is 0. The van der Waals surface area contributed by atoms with Crippen LogP contribution in [0, 0.1) is 5.92 Å². The maximum atomic E-state index is 13.5. The fourth-order valence-corrected chi connectivity index (χ4v) is 4.39. The Hall–Kier alpha value is -2.97. The third-order valence-electron chi connectivity index (χ3n) is 6.22. The molecule has 3 aliphatic heterocycles. The Morgan fingerprint density at radius 2 is 2.07 bits per heavy atom. The fourth-order valence-electron chi connectivity index (χ4n) is 4.39. The van der Waals surface area contributed by atoms with Crippen molar-refractivity contribution < 1.29 is 39.1 Å². The molecule has 3 N–H and O–H groups in total. The van der Waals surface area contributed by atoms with E-state index in [0.29, 0.717) is 17.9 Å². The summed E-state index contributed by atoms with van der Waals surface area (Å²) in [6.07, 6.45) is -0.690. The molecule has 3 aliphatic rings. The number of carbonyl (C=O) groups excluding carboxylic acids is 1. The summed E-state index contributed by atoms with van der Waals surface area (Å²) in [5, 5.41) is 31.0. The van der Waals surface area contributed by atoms with E-state index < -0.39 is 17.5 Å². The molecule has 158 valence electrons. The second-order valence-electron chi connectivity index (χ2n) is 7.97.